The van der Waals surface area contributed by atoms with Gasteiger partial charge in [0.15, 0.2) is 11.9 Å². The van der Waals surface area contributed by atoms with E-state index in [-0.39, 0.29) is 30.7 Å². The topological polar surface area (TPSA) is 50.4 Å². The number of rotatable bonds is 4. The second-order valence-corrected chi connectivity index (χ2v) is 2.95. The van der Waals surface area contributed by atoms with Crippen molar-refractivity contribution in [2.45, 2.75) is 19.9 Å². The van der Waals surface area contributed by atoms with Crippen LogP contribution in [0.25, 0.3) is 0 Å². The molecule has 0 bridgehead atoms. The van der Waals surface area contributed by atoms with Crippen molar-refractivity contribution in [1.29, 1.82) is 0 Å². The number of esters is 1. The fraction of sp³-hybridized carbons (Fsp3) is 0.400. The minimum Gasteiger partial charge on any atom is -1.00 e. The van der Waals surface area contributed by atoms with Crippen LogP contribution in [-0.4, -0.2) is 17.7 Å². The molecule has 1 aromatic rings. The first kappa shape index (κ1) is 13.7. The number of hydrogen-bond acceptors (Lipinski definition) is 3. The summed E-state index contributed by atoms with van der Waals surface area (Å²) in [6, 6.07) is 3.22. The quantitative estimate of drug-likeness (QED) is 0.466. The molecular weight excluding hydrogens is 218 g/mol. The van der Waals surface area contributed by atoms with Crippen LogP contribution >= 0.6 is 0 Å². The van der Waals surface area contributed by atoms with E-state index in [9.17, 15) is 4.79 Å². The molecule has 0 radical (unpaired) electrons. The molecule has 84 valence electrons. The first-order chi connectivity index (χ1) is 6.72. The lowest BCUT2D eigenvalue weighted by Gasteiger charge is -1.99. The van der Waals surface area contributed by atoms with Gasteiger partial charge >= 0.3 is 5.97 Å². The lowest BCUT2D eigenvalue weighted by Crippen LogP contribution is -3.00. The number of hydrogen-bond donors (Lipinski definition) is 1. The molecule has 4 nitrogen and oxygen atoms in total. The summed E-state index contributed by atoms with van der Waals surface area (Å²) in [7, 11) is 0. The molecule has 0 amide bonds. The molecule has 1 rings (SSSR count). The van der Waals surface area contributed by atoms with Crippen LogP contribution in [0.2, 0.25) is 0 Å². The maximum Gasteiger partial charge on any atom is 0.372 e. The summed E-state index contributed by atoms with van der Waals surface area (Å²) in [4.78, 5) is 11.2. The van der Waals surface area contributed by atoms with Gasteiger partial charge in [-0.3, -0.25) is 0 Å². The molecule has 0 aliphatic heterocycles. The van der Waals surface area contributed by atoms with Gasteiger partial charge in [-0.25, -0.2) is 4.79 Å². The molecule has 5 heteroatoms. The molecule has 0 aromatic carbocycles. The van der Waals surface area contributed by atoms with Gasteiger partial charge < -0.3 is 22.3 Å². The summed E-state index contributed by atoms with van der Waals surface area (Å²) in [6.45, 7) is 2.52. The zero-order valence-corrected chi connectivity index (χ0v) is 9.28. The van der Waals surface area contributed by atoms with Gasteiger partial charge in [0.2, 0.25) is 12.7 Å². The van der Waals surface area contributed by atoms with Crippen molar-refractivity contribution in [1.82, 2.24) is 0 Å². The fourth-order valence-corrected chi connectivity index (χ4v) is 1.02. The Hall–Kier alpha value is -1.29. The maximum atomic E-state index is 11.2. The van der Waals surface area contributed by atoms with Gasteiger partial charge in [-0.05, 0) is 12.5 Å². The van der Waals surface area contributed by atoms with Crippen LogP contribution in [0.1, 0.15) is 13.3 Å². The zero-order chi connectivity index (χ0) is 10.4. The van der Waals surface area contributed by atoms with E-state index >= 15 is 0 Å². The van der Waals surface area contributed by atoms with Crippen LogP contribution in [0.15, 0.2) is 24.5 Å². The molecule has 0 atom stereocenters. The molecule has 1 N–H and O–H groups in total. The van der Waals surface area contributed by atoms with E-state index in [0.29, 0.717) is 6.61 Å². The molecule has 0 saturated carbocycles. The first-order valence-corrected chi connectivity index (χ1v) is 4.56. The number of carbonyl (C=O) groups is 1. The summed E-state index contributed by atoms with van der Waals surface area (Å²) in [5.74, 6) is -0.154. The van der Waals surface area contributed by atoms with Gasteiger partial charge in [0, 0.05) is 6.07 Å². The summed E-state index contributed by atoms with van der Waals surface area (Å²) in [5, 5.41) is 9.13. The Morgan fingerprint density at radius 3 is 2.93 bits per heavy atom. The van der Waals surface area contributed by atoms with E-state index in [0.717, 1.165) is 6.42 Å². The lowest BCUT2D eigenvalue weighted by atomic mass is 10.4. The van der Waals surface area contributed by atoms with E-state index in [1.54, 1.807) is 22.9 Å². The van der Waals surface area contributed by atoms with Gasteiger partial charge in [0.25, 0.3) is 0 Å². The summed E-state index contributed by atoms with van der Waals surface area (Å²) < 4.78 is 6.47. The number of aromatic nitrogens is 1. The average Bonchev–Trinajstić information content (AvgIpc) is 2.15. The third-order valence-electron chi connectivity index (χ3n) is 1.62. The highest BCUT2D eigenvalue weighted by atomic mass is 35.5. The molecule has 0 spiro atoms. The van der Waals surface area contributed by atoms with Crippen molar-refractivity contribution < 1.29 is 31.6 Å². The Balaban J connectivity index is 0.00000196. The summed E-state index contributed by atoms with van der Waals surface area (Å²) in [5.41, 5.74) is 0. The third-order valence-corrected chi connectivity index (χ3v) is 1.62. The highest BCUT2D eigenvalue weighted by Crippen LogP contribution is 2.00. The van der Waals surface area contributed by atoms with E-state index in [2.05, 4.69) is 0 Å². The van der Waals surface area contributed by atoms with Crippen LogP contribution in [0.4, 0.5) is 0 Å². The van der Waals surface area contributed by atoms with Gasteiger partial charge in [-0.1, -0.05) is 6.92 Å². The van der Waals surface area contributed by atoms with Crippen molar-refractivity contribution in [2.75, 3.05) is 6.61 Å². The van der Waals surface area contributed by atoms with Crippen molar-refractivity contribution in [3.8, 4) is 5.75 Å². The first-order valence-electron chi connectivity index (χ1n) is 4.56. The van der Waals surface area contributed by atoms with Crippen LogP contribution < -0.4 is 17.0 Å². The van der Waals surface area contributed by atoms with E-state index in [4.69, 9.17) is 9.84 Å². The zero-order valence-electron chi connectivity index (χ0n) is 8.52. The number of carbonyl (C=O) groups excluding carboxylic acids is 1. The number of halogens is 1. The Labute approximate surface area is 94.9 Å². The maximum absolute atomic E-state index is 11.2. The Morgan fingerprint density at radius 2 is 2.33 bits per heavy atom. The third kappa shape index (κ3) is 5.22. The number of pyridine rings is 1. The Bertz CT molecular complexity index is 317. The SMILES string of the molecule is CCCOC(=O)C[n+]1cccc(O)c1.[Cl-]. The molecule has 1 heterocycles. The largest absolute Gasteiger partial charge is 1.00 e. The summed E-state index contributed by atoms with van der Waals surface area (Å²) >= 11 is 0. The number of aromatic hydroxyl groups is 1. The monoisotopic (exact) mass is 231 g/mol. The normalized spacial score (nSPS) is 9.13. The number of ether oxygens (including phenoxy) is 1. The van der Waals surface area contributed by atoms with Crippen LogP contribution in [0.5, 0.6) is 5.75 Å². The van der Waals surface area contributed by atoms with Crippen molar-refractivity contribution in [3.63, 3.8) is 0 Å². The number of nitrogens with zero attached hydrogens (tertiary/aromatic N) is 1. The minimum atomic E-state index is -0.289. The fourth-order valence-electron chi connectivity index (χ4n) is 1.02. The predicted octanol–water partition coefficient (Wildman–Crippen LogP) is -2.36. The Morgan fingerprint density at radius 1 is 1.60 bits per heavy atom. The average molecular weight is 232 g/mol. The molecular formula is C10H14ClNO3. The highest BCUT2D eigenvalue weighted by Gasteiger charge is 2.10. The molecule has 0 fully saturated rings. The van der Waals surface area contributed by atoms with Crippen LogP contribution in [-0.2, 0) is 16.1 Å². The lowest BCUT2D eigenvalue weighted by molar-refractivity contribution is -0.686. The molecule has 0 aliphatic carbocycles. The smallest absolute Gasteiger partial charge is 0.372 e. The van der Waals surface area contributed by atoms with E-state index in [1.165, 1.54) is 6.20 Å². The molecule has 0 saturated heterocycles. The standard InChI is InChI=1S/C10H13NO3.ClH/c1-2-6-14-10(13)8-11-5-3-4-9(12)7-11;/h3-5,7H,2,6,8H2,1H3;1H. The Kier molecular flexibility index (Phi) is 6.45. The predicted molar refractivity (Wildman–Crippen MR) is 49.6 cm³/mol. The highest BCUT2D eigenvalue weighted by molar-refractivity contribution is 5.67. The van der Waals surface area contributed by atoms with Gasteiger partial charge in [0.1, 0.15) is 0 Å². The summed E-state index contributed by atoms with van der Waals surface area (Å²) in [6.07, 6.45) is 4.00. The van der Waals surface area contributed by atoms with Gasteiger partial charge in [-0.15, -0.1) is 0 Å². The molecule has 15 heavy (non-hydrogen) atoms. The minimum absolute atomic E-state index is 0. The van der Waals surface area contributed by atoms with Gasteiger partial charge in [-0.2, -0.15) is 4.57 Å². The van der Waals surface area contributed by atoms with Crippen LogP contribution in [0.3, 0.4) is 0 Å². The molecule has 0 unspecified atom stereocenters. The second kappa shape index (κ2) is 7.06. The molecule has 1 aromatic heterocycles. The molecule has 0 aliphatic rings. The van der Waals surface area contributed by atoms with Crippen molar-refractivity contribution in [2.24, 2.45) is 0 Å². The second-order valence-electron chi connectivity index (χ2n) is 2.95. The van der Waals surface area contributed by atoms with Gasteiger partial charge in [0.05, 0.1) is 6.61 Å². The van der Waals surface area contributed by atoms with Crippen molar-refractivity contribution in [3.05, 3.63) is 24.5 Å². The van der Waals surface area contributed by atoms with E-state index < -0.39 is 0 Å². The van der Waals surface area contributed by atoms with Crippen LogP contribution in [0, 0.1) is 0 Å². The van der Waals surface area contributed by atoms with Crippen molar-refractivity contribution >= 4 is 5.97 Å². The van der Waals surface area contributed by atoms with E-state index in [1.807, 2.05) is 6.92 Å².